The molecule has 4 heteroatoms. The van der Waals surface area contributed by atoms with E-state index in [0.29, 0.717) is 11.7 Å². The van der Waals surface area contributed by atoms with Crippen molar-refractivity contribution in [3.8, 4) is 0 Å². The van der Waals surface area contributed by atoms with Crippen molar-refractivity contribution in [1.82, 2.24) is 4.98 Å². The summed E-state index contributed by atoms with van der Waals surface area (Å²) < 4.78 is 0. The molecule has 0 aliphatic carbocycles. The lowest BCUT2D eigenvalue weighted by atomic mass is 10.1. The summed E-state index contributed by atoms with van der Waals surface area (Å²) in [6.07, 6.45) is 3.97. The highest BCUT2D eigenvalue weighted by molar-refractivity contribution is 5.94. The fourth-order valence-corrected chi connectivity index (χ4v) is 1.37. The van der Waals surface area contributed by atoms with E-state index in [-0.39, 0.29) is 5.56 Å². The van der Waals surface area contributed by atoms with Crippen LogP contribution >= 0.6 is 0 Å². The van der Waals surface area contributed by atoms with Crippen molar-refractivity contribution < 1.29 is 9.90 Å². The zero-order chi connectivity index (χ0) is 11.4. The van der Waals surface area contributed by atoms with E-state index in [2.05, 4.69) is 18.8 Å². The summed E-state index contributed by atoms with van der Waals surface area (Å²) in [7, 11) is 1.90. The van der Waals surface area contributed by atoms with Crippen LogP contribution in [0.1, 0.15) is 30.6 Å². The van der Waals surface area contributed by atoms with Gasteiger partial charge >= 0.3 is 5.97 Å². The summed E-state index contributed by atoms with van der Waals surface area (Å²) in [5.74, 6) is -0.937. The fourth-order valence-electron chi connectivity index (χ4n) is 1.37. The average Bonchev–Trinajstić information content (AvgIpc) is 2.27. The SMILES string of the molecule is CCC(C)N(C)c1ccncc1C(=O)O. The number of nitrogens with zero attached hydrogens (tertiary/aromatic N) is 2. The molecular formula is C11H16N2O2. The molecule has 0 bridgehead atoms. The maximum Gasteiger partial charge on any atom is 0.339 e. The number of pyridine rings is 1. The number of aromatic carboxylic acids is 1. The number of aromatic nitrogens is 1. The molecule has 1 atom stereocenters. The van der Waals surface area contributed by atoms with Gasteiger partial charge in [0.05, 0.1) is 5.69 Å². The van der Waals surface area contributed by atoms with Gasteiger partial charge in [0.25, 0.3) is 0 Å². The van der Waals surface area contributed by atoms with E-state index in [1.807, 2.05) is 11.9 Å². The molecule has 1 N–H and O–H groups in total. The molecule has 0 radical (unpaired) electrons. The Kier molecular flexibility index (Phi) is 3.66. The van der Waals surface area contributed by atoms with Gasteiger partial charge in [0.2, 0.25) is 0 Å². The number of carbonyl (C=O) groups is 1. The van der Waals surface area contributed by atoms with Gasteiger partial charge in [-0.25, -0.2) is 4.79 Å². The van der Waals surface area contributed by atoms with Crippen LogP contribution in [0.25, 0.3) is 0 Å². The van der Waals surface area contributed by atoms with Crippen LogP contribution in [0.2, 0.25) is 0 Å². The summed E-state index contributed by atoms with van der Waals surface area (Å²) >= 11 is 0. The first-order valence-electron chi connectivity index (χ1n) is 4.98. The zero-order valence-electron chi connectivity index (χ0n) is 9.27. The van der Waals surface area contributed by atoms with Crippen LogP contribution in [0.5, 0.6) is 0 Å². The zero-order valence-corrected chi connectivity index (χ0v) is 9.27. The quantitative estimate of drug-likeness (QED) is 0.822. The number of hydrogen-bond acceptors (Lipinski definition) is 3. The molecule has 4 nitrogen and oxygen atoms in total. The fraction of sp³-hybridized carbons (Fsp3) is 0.455. The Bertz CT molecular complexity index is 352. The molecule has 1 heterocycles. The molecule has 0 saturated heterocycles. The minimum absolute atomic E-state index is 0.250. The van der Waals surface area contributed by atoms with Crippen LogP contribution in [0, 0.1) is 0 Å². The van der Waals surface area contributed by atoms with Crippen molar-refractivity contribution in [3.63, 3.8) is 0 Å². The molecule has 0 amide bonds. The molecular weight excluding hydrogens is 192 g/mol. The van der Waals surface area contributed by atoms with Crippen molar-refractivity contribution in [2.24, 2.45) is 0 Å². The lowest BCUT2D eigenvalue weighted by molar-refractivity contribution is 0.0697. The summed E-state index contributed by atoms with van der Waals surface area (Å²) in [6, 6.07) is 2.04. The van der Waals surface area contributed by atoms with E-state index in [9.17, 15) is 4.79 Å². The monoisotopic (exact) mass is 208 g/mol. The standard InChI is InChI=1S/C11H16N2O2/c1-4-8(2)13(3)10-5-6-12-7-9(10)11(14)15/h5-8H,4H2,1-3H3,(H,14,15). The van der Waals surface area contributed by atoms with E-state index in [0.717, 1.165) is 6.42 Å². The molecule has 1 aromatic heterocycles. The number of hydrogen-bond donors (Lipinski definition) is 1. The second kappa shape index (κ2) is 4.77. The molecule has 0 fully saturated rings. The van der Waals surface area contributed by atoms with Crippen LogP contribution in [0.4, 0.5) is 5.69 Å². The molecule has 0 aliphatic rings. The van der Waals surface area contributed by atoms with Gasteiger partial charge in [-0.2, -0.15) is 0 Å². The Morgan fingerprint density at radius 1 is 1.67 bits per heavy atom. The summed E-state index contributed by atoms with van der Waals surface area (Å²) in [4.78, 5) is 16.8. The van der Waals surface area contributed by atoms with Crippen molar-refractivity contribution in [2.75, 3.05) is 11.9 Å². The topological polar surface area (TPSA) is 53.4 Å². The predicted octanol–water partition coefficient (Wildman–Crippen LogP) is 2.01. The van der Waals surface area contributed by atoms with E-state index >= 15 is 0 Å². The molecule has 1 aromatic rings. The number of rotatable bonds is 4. The minimum Gasteiger partial charge on any atom is -0.478 e. The van der Waals surface area contributed by atoms with Gasteiger partial charge < -0.3 is 10.0 Å². The highest BCUT2D eigenvalue weighted by Crippen LogP contribution is 2.20. The predicted molar refractivity (Wildman–Crippen MR) is 59.4 cm³/mol. The molecule has 15 heavy (non-hydrogen) atoms. The lowest BCUT2D eigenvalue weighted by Gasteiger charge is -2.27. The average molecular weight is 208 g/mol. The summed E-state index contributed by atoms with van der Waals surface area (Å²) in [5, 5.41) is 9.00. The molecule has 0 saturated carbocycles. The lowest BCUT2D eigenvalue weighted by Crippen LogP contribution is -2.29. The highest BCUT2D eigenvalue weighted by atomic mass is 16.4. The van der Waals surface area contributed by atoms with Crippen LogP contribution in [0.15, 0.2) is 18.5 Å². The van der Waals surface area contributed by atoms with Gasteiger partial charge in [0.1, 0.15) is 5.56 Å². The van der Waals surface area contributed by atoms with E-state index in [1.165, 1.54) is 6.20 Å². The Balaban J connectivity index is 3.07. The van der Waals surface area contributed by atoms with Crippen LogP contribution in [-0.4, -0.2) is 29.1 Å². The van der Waals surface area contributed by atoms with Gasteiger partial charge in [-0.05, 0) is 19.4 Å². The molecule has 0 aromatic carbocycles. The van der Waals surface area contributed by atoms with Crippen LogP contribution in [0.3, 0.4) is 0 Å². The van der Waals surface area contributed by atoms with Gasteiger partial charge in [-0.15, -0.1) is 0 Å². The highest BCUT2D eigenvalue weighted by Gasteiger charge is 2.16. The molecule has 82 valence electrons. The third-order valence-corrected chi connectivity index (χ3v) is 2.66. The van der Waals surface area contributed by atoms with Gasteiger partial charge in [0.15, 0.2) is 0 Å². The summed E-state index contributed by atoms with van der Waals surface area (Å²) in [6.45, 7) is 4.13. The van der Waals surface area contributed by atoms with Crippen molar-refractivity contribution in [3.05, 3.63) is 24.0 Å². The summed E-state index contributed by atoms with van der Waals surface area (Å²) in [5.41, 5.74) is 0.965. The minimum atomic E-state index is -0.937. The van der Waals surface area contributed by atoms with Crippen molar-refractivity contribution in [2.45, 2.75) is 26.3 Å². The number of anilines is 1. The Morgan fingerprint density at radius 3 is 2.87 bits per heavy atom. The second-order valence-electron chi connectivity index (χ2n) is 3.57. The molecule has 0 aliphatic heterocycles. The van der Waals surface area contributed by atoms with Crippen LogP contribution in [-0.2, 0) is 0 Å². The molecule has 1 rings (SSSR count). The Hall–Kier alpha value is -1.58. The maximum atomic E-state index is 11.0. The maximum absolute atomic E-state index is 11.0. The number of carboxylic acids is 1. The Morgan fingerprint density at radius 2 is 2.33 bits per heavy atom. The second-order valence-corrected chi connectivity index (χ2v) is 3.57. The van der Waals surface area contributed by atoms with Gasteiger partial charge in [-0.3, -0.25) is 4.98 Å². The molecule has 1 unspecified atom stereocenters. The van der Waals surface area contributed by atoms with Gasteiger partial charge in [-0.1, -0.05) is 6.92 Å². The van der Waals surface area contributed by atoms with Crippen molar-refractivity contribution >= 4 is 11.7 Å². The smallest absolute Gasteiger partial charge is 0.339 e. The largest absolute Gasteiger partial charge is 0.478 e. The van der Waals surface area contributed by atoms with E-state index in [4.69, 9.17) is 5.11 Å². The first kappa shape index (κ1) is 11.5. The van der Waals surface area contributed by atoms with Crippen LogP contribution < -0.4 is 4.90 Å². The first-order chi connectivity index (χ1) is 7.07. The number of carboxylic acid groups (broad SMARTS) is 1. The normalized spacial score (nSPS) is 12.2. The Labute approximate surface area is 89.6 Å². The van der Waals surface area contributed by atoms with Gasteiger partial charge in [0, 0.05) is 25.5 Å². The van der Waals surface area contributed by atoms with E-state index < -0.39 is 5.97 Å². The first-order valence-corrected chi connectivity index (χ1v) is 4.98. The molecule has 0 spiro atoms. The van der Waals surface area contributed by atoms with E-state index in [1.54, 1.807) is 12.3 Å². The van der Waals surface area contributed by atoms with Crippen molar-refractivity contribution in [1.29, 1.82) is 0 Å². The third kappa shape index (κ3) is 2.46. The third-order valence-electron chi connectivity index (χ3n) is 2.66.